The van der Waals surface area contributed by atoms with Crippen molar-refractivity contribution in [2.75, 3.05) is 11.9 Å². The van der Waals surface area contributed by atoms with E-state index in [1.807, 2.05) is 31.2 Å². The first-order valence-corrected chi connectivity index (χ1v) is 6.61. The van der Waals surface area contributed by atoms with Gasteiger partial charge in [0.05, 0.1) is 30.9 Å². The van der Waals surface area contributed by atoms with Crippen molar-refractivity contribution in [1.29, 1.82) is 0 Å². The number of aromatic nitrogens is 2. The third-order valence-electron chi connectivity index (χ3n) is 2.84. The van der Waals surface area contributed by atoms with Crippen molar-refractivity contribution in [3.05, 3.63) is 42.0 Å². The van der Waals surface area contributed by atoms with Gasteiger partial charge in [-0.3, -0.25) is 0 Å². The molecule has 4 nitrogen and oxygen atoms in total. The summed E-state index contributed by atoms with van der Waals surface area (Å²) in [6.07, 6.45) is 1.72. The minimum absolute atomic E-state index is 0.515. The number of para-hydroxylation sites is 2. The number of hydrogen-bond acceptors (Lipinski definition) is 3. The number of aryl methyl sites for hydroxylation is 1. The Hall–Kier alpha value is -1.97. The van der Waals surface area contributed by atoms with Gasteiger partial charge in [0.25, 0.3) is 0 Å². The maximum absolute atomic E-state index is 5.81. The quantitative estimate of drug-likeness (QED) is 0.836. The predicted molar refractivity (Wildman–Crippen MR) is 77.4 cm³/mol. The van der Waals surface area contributed by atoms with E-state index in [4.69, 9.17) is 4.74 Å². The first-order valence-electron chi connectivity index (χ1n) is 6.61. The summed E-state index contributed by atoms with van der Waals surface area (Å²) < 4.78 is 5.81. The van der Waals surface area contributed by atoms with Crippen LogP contribution in [0.2, 0.25) is 0 Å². The smallest absolute Gasteiger partial charge is 0.142 e. The van der Waals surface area contributed by atoms with Gasteiger partial charge in [-0.05, 0) is 25.0 Å². The molecule has 0 saturated carbocycles. The lowest BCUT2D eigenvalue weighted by Crippen LogP contribution is -2.08. The molecule has 19 heavy (non-hydrogen) atoms. The second kappa shape index (κ2) is 6.27. The van der Waals surface area contributed by atoms with Gasteiger partial charge in [-0.15, -0.1) is 0 Å². The molecule has 0 fully saturated rings. The molecule has 1 aromatic carbocycles. The first-order chi connectivity index (χ1) is 9.16. The van der Waals surface area contributed by atoms with Crippen LogP contribution < -0.4 is 10.1 Å². The fourth-order valence-corrected chi connectivity index (χ4v) is 1.74. The second-order valence-corrected chi connectivity index (χ2v) is 5.03. The molecular formula is C15H21N3O. The molecule has 1 aromatic heterocycles. The minimum Gasteiger partial charge on any atom is -0.491 e. The summed E-state index contributed by atoms with van der Waals surface area (Å²) in [6, 6.07) is 8.00. The van der Waals surface area contributed by atoms with Crippen molar-refractivity contribution in [3.8, 4) is 5.75 Å². The molecule has 102 valence electrons. The van der Waals surface area contributed by atoms with E-state index >= 15 is 0 Å². The molecule has 0 spiro atoms. The van der Waals surface area contributed by atoms with Crippen LogP contribution in [0.15, 0.2) is 30.6 Å². The maximum atomic E-state index is 5.81. The molecule has 0 amide bonds. The lowest BCUT2D eigenvalue weighted by Gasteiger charge is -2.14. The predicted octanol–water partition coefficient (Wildman–Crippen LogP) is 3.37. The average molecular weight is 259 g/mol. The molecule has 0 radical (unpaired) electrons. The number of nitrogens with zero attached hydrogens (tertiary/aromatic N) is 1. The van der Waals surface area contributed by atoms with Gasteiger partial charge in [-0.1, -0.05) is 26.0 Å². The van der Waals surface area contributed by atoms with Crippen LogP contribution in [0, 0.1) is 12.8 Å². The number of aromatic amines is 1. The highest BCUT2D eigenvalue weighted by atomic mass is 16.5. The van der Waals surface area contributed by atoms with Crippen LogP contribution in [0.3, 0.4) is 0 Å². The number of nitrogens with one attached hydrogen (secondary N) is 2. The highest BCUT2D eigenvalue weighted by Gasteiger charge is 2.05. The van der Waals surface area contributed by atoms with E-state index < -0.39 is 0 Å². The number of imidazole rings is 1. The highest BCUT2D eigenvalue weighted by molar-refractivity contribution is 5.56. The lowest BCUT2D eigenvalue weighted by atomic mass is 10.2. The van der Waals surface area contributed by atoms with E-state index in [1.165, 1.54) is 0 Å². The van der Waals surface area contributed by atoms with Crippen LogP contribution in [0.4, 0.5) is 5.69 Å². The molecule has 0 saturated heterocycles. The third kappa shape index (κ3) is 3.74. The molecule has 2 N–H and O–H groups in total. The standard InChI is InChI=1S/C15H21N3O/c1-11(2)9-19-15-7-5-4-6-13(15)16-8-14-12(3)17-10-18-14/h4-7,10-11,16H,8-9H2,1-3H3,(H,17,18). The number of rotatable bonds is 6. The Morgan fingerprint density at radius 3 is 2.79 bits per heavy atom. The van der Waals surface area contributed by atoms with Gasteiger partial charge < -0.3 is 15.0 Å². The lowest BCUT2D eigenvalue weighted by molar-refractivity contribution is 0.272. The summed E-state index contributed by atoms with van der Waals surface area (Å²) >= 11 is 0. The van der Waals surface area contributed by atoms with Crippen LogP contribution in [-0.4, -0.2) is 16.6 Å². The van der Waals surface area contributed by atoms with Crippen molar-refractivity contribution >= 4 is 5.69 Å². The van der Waals surface area contributed by atoms with Crippen molar-refractivity contribution < 1.29 is 4.74 Å². The summed E-state index contributed by atoms with van der Waals surface area (Å²) in [5, 5.41) is 3.37. The van der Waals surface area contributed by atoms with Gasteiger partial charge in [0.2, 0.25) is 0 Å². The van der Waals surface area contributed by atoms with Crippen molar-refractivity contribution in [1.82, 2.24) is 9.97 Å². The Kier molecular flexibility index (Phi) is 4.44. The van der Waals surface area contributed by atoms with Gasteiger partial charge in [0.1, 0.15) is 5.75 Å². The molecule has 2 aromatic rings. The van der Waals surface area contributed by atoms with Crippen LogP contribution >= 0.6 is 0 Å². The Bertz CT molecular complexity index is 520. The summed E-state index contributed by atoms with van der Waals surface area (Å²) in [7, 11) is 0. The van der Waals surface area contributed by atoms with E-state index in [0.29, 0.717) is 12.5 Å². The van der Waals surface area contributed by atoms with E-state index in [-0.39, 0.29) is 0 Å². The highest BCUT2D eigenvalue weighted by Crippen LogP contribution is 2.24. The molecule has 1 heterocycles. The normalized spacial score (nSPS) is 10.7. The summed E-state index contributed by atoms with van der Waals surface area (Å²) in [5.74, 6) is 1.41. The summed E-state index contributed by atoms with van der Waals surface area (Å²) in [6.45, 7) is 7.72. The maximum Gasteiger partial charge on any atom is 0.142 e. The fraction of sp³-hybridized carbons (Fsp3) is 0.400. The van der Waals surface area contributed by atoms with Gasteiger partial charge in [-0.2, -0.15) is 0 Å². The van der Waals surface area contributed by atoms with Crippen LogP contribution in [0.25, 0.3) is 0 Å². The van der Waals surface area contributed by atoms with Crippen LogP contribution in [-0.2, 0) is 6.54 Å². The van der Waals surface area contributed by atoms with Crippen molar-refractivity contribution in [3.63, 3.8) is 0 Å². The Labute approximate surface area is 114 Å². The number of ether oxygens (including phenoxy) is 1. The topological polar surface area (TPSA) is 49.9 Å². The molecule has 0 aliphatic rings. The Balaban J connectivity index is 2.01. The SMILES string of the molecule is Cc1[nH]cnc1CNc1ccccc1OCC(C)C. The third-order valence-corrected chi connectivity index (χ3v) is 2.84. The second-order valence-electron chi connectivity index (χ2n) is 5.03. The van der Waals surface area contributed by atoms with E-state index in [0.717, 1.165) is 29.4 Å². The monoisotopic (exact) mass is 259 g/mol. The Morgan fingerprint density at radius 2 is 2.11 bits per heavy atom. The molecule has 0 aliphatic heterocycles. The zero-order chi connectivity index (χ0) is 13.7. The summed E-state index contributed by atoms with van der Waals surface area (Å²) in [5.41, 5.74) is 3.12. The Morgan fingerprint density at radius 1 is 1.32 bits per heavy atom. The number of hydrogen-bond donors (Lipinski definition) is 2. The zero-order valence-corrected chi connectivity index (χ0v) is 11.7. The minimum atomic E-state index is 0.515. The van der Waals surface area contributed by atoms with E-state index in [2.05, 4.69) is 29.1 Å². The van der Waals surface area contributed by atoms with Gasteiger partial charge >= 0.3 is 0 Å². The molecule has 0 aliphatic carbocycles. The number of H-pyrrole nitrogens is 1. The molecule has 0 atom stereocenters. The molecule has 0 bridgehead atoms. The number of anilines is 1. The first kappa shape index (κ1) is 13.5. The summed E-state index contributed by atoms with van der Waals surface area (Å²) in [4.78, 5) is 7.35. The van der Waals surface area contributed by atoms with Gasteiger partial charge in [0, 0.05) is 5.69 Å². The largest absolute Gasteiger partial charge is 0.491 e. The number of benzene rings is 1. The van der Waals surface area contributed by atoms with E-state index in [1.54, 1.807) is 6.33 Å². The van der Waals surface area contributed by atoms with Crippen LogP contribution in [0.1, 0.15) is 25.2 Å². The zero-order valence-electron chi connectivity index (χ0n) is 11.7. The van der Waals surface area contributed by atoms with Crippen molar-refractivity contribution in [2.45, 2.75) is 27.3 Å². The molecule has 2 rings (SSSR count). The molecule has 4 heteroatoms. The van der Waals surface area contributed by atoms with Gasteiger partial charge in [0.15, 0.2) is 0 Å². The fourth-order valence-electron chi connectivity index (χ4n) is 1.74. The van der Waals surface area contributed by atoms with Crippen LogP contribution in [0.5, 0.6) is 5.75 Å². The average Bonchev–Trinajstić information content (AvgIpc) is 2.80. The van der Waals surface area contributed by atoms with Crippen molar-refractivity contribution in [2.24, 2.45) is 5.92 Å². The molecular weight excluding hydrogens is 238 g/mol. The van der Waals surface area contributed by atoms with Gasteiger partial charge in [-0.25, -0.2) is 4.98 Å². The van der Waals surface area contributed by atoms with E-state index in [9.17, 15) is 0 Å². The molecule has 0 unspecified atom stereocenters.